The molecule has 5 aromatic rings. The fraction of sp³-hybridized carbons (Fsp3) is 0.0667. The summed E-state index contributed by atoms with van der Waals surface area (Å²) in [5.74, 6) is -0.747. The normalized spacial score (nSPS) is 10.9. The van der Waals surface area contributed by atoms with E-state index in [1.165, 1.54) is 7.11 Å². The maximum atomic E-state index is 13.7. The SMILES string of the molecule is COc1ccc(-n2c(-c3ccc(Br)cc3)c(O)c3c(C(=O)C(=O)c4ccc(Br)cc4)c(OC)ccc32)cc1. The van der Waals surface area contributed by atoms with Crippen molar-refractivity contribution < 1.29 is 24.2 Å². The number of aromatic hydroxyl groups is 1. The van der Waals surface area contributed by atoms with E-state index < -0.39 is 11.6 Å². The summed E-state index contributed by atoms with van der Waals surface area (Å²) in [5, 5.41) is 11.9. The van der Waals surface area contributed by atoms with Crippen LogP contribution in [0, 0.1) is 0 Å². The van der Waals surface area contributed by atoms with Gasteiger partial charge in [-0.1, -0.05) is 44.0 Å². The summed E-state index contributed by atoms with van der Waals surface area (Å²) in [7, 11) is 3.01. The number of fused-ring (bicyclic) bond motifs is 1. The smallest absolute Gasteiger partial charge is 0.238 e. The van der Waals surface area contributed by atoms with Crippen molar-refractivity contribution in [3.63, 3.8) is 0 Å². The van der Waals surface area contributed by atoms with E-state index in [2.05, 4.69) is 31.9 Å². The van der Waals surface area contributed by atoms with Crippen LogP contribution in [0.15, 0.2) is 93.9 Å². The quantitative estimate of drug-likeness (QED) is 0.147. The van der Waals surface area contributed by atoms with E-state index in [0.29, 0.717) is 22.5 Å². The van der Waals surface area contributed by atoms with Crippen molar-refractivity contribution in [2.75, 3.05) is 14.2 Å². The van der Waals surface area contributed by atoms with E-state index >= 15 is 0 Å². The van der Waals surface area contributed by atoms with E-state index in [0.717, 1.165) is 14.6 Å². The largest absolute Gasteiger partial charge is 0.505 e. The molecule has 0 aliphatic rings. The van der Waals surface area contributed by atoms with Crippen LogP contribution in [0.25, 0.3) is 27.8 Å². The number of ketones is 2. The number of Topliss-reactive ketones (excluding diaryl/α,β-unsaturated/α-hetero) is 2. The minimum Gasteiger partial charge on any atom is -0.505 e. The Morgan fingerprint density at radius 2 is 1.34 bits per heavy atom. The van der Waals surface area contributed by atoms with Gasteiger partial charge in [0.05, 0.1) is 36.4 Å². The number of aromatic nitrogens is 1. The van der Waals surface area contributed by atoms with Gasteiger partial charge in [0.15, 0.2) is 0 Å². The van der Waals surface area contributed by atoms with Gasteiger partial charge < -0.3 is 19.1 Å². The Bertz CT molecular complexity index is 1670. The summed E-state index contributed by atoms with van der Waals surface area (Å²) in [5.41, 5.74) is 2.70. The third-order valence-corrected chi connectivity index (χ3v) is 7.34. The molecule has 0 atom stereocenters. The molecule has 0 unspecified atom stereocenters. The fourth-order valence-corrected chi connectivity index (χ4v) is 4.99. The molecule has 0 amide bonds. The minimum absolute atomic E-state index is 0.000965. The highest BCUT2D eigenvalue weighted by Gasteiger charge is 2.30. The monoisotopic (exact) mass is 633 g/mol. The summed E-state index contributed by atoms with van der Waals surface area (Å²) in [6.07, 6.45) is 0. The van der Waals surface area contributed by atoms with Gasteiger partial charge in [0.2, 0.25) is 11.6 Å². The number of carbonyl (C=O) groups is 2. The van der Waals surface area contributed by atoms with E-state index in [1.54, 1.807) is 43.5 Å². The number of benzene rings is 4. The number of nitrogens with zero attached hydrogens (tertiary/aromatic N) is 1. The number of carbonyl (C=O) groups excluding carboxylic acids is 2. The van der Waals surface area contributed by atoms with Crippen LogP contribution in [0.2, 0.25) is 0 Å². The lowest BCUT2D eigenvalue weighted by molar-refractivity contribution is 0.0816. The van der Waals surface area contributed by atoms with Crippen LogP contribution in [0.4, 0.5) is 0 Å². The molecule has 1 N–H and O–H groups in total. The van der Waals surface area contributed by atoms with Crippen molar-refractivity contribution >= 4 is 54.3 Å². The van der Waals surface area contributed by atoms with Gasteiger partial charge >= 0.3 is 0 Å². The number of ether oxygens (including phenoxy) is 2. The second-order valence-electron chi connectivity index (χ2n) is 8.44. The summed E-state index contributed by atoms with van der Waals surface area (Å²) in [4.78, 5) is 27.0. The summed E-state index contributed by atoms with van der Waals surface area (Å²) in [6, 6.07) is 24.8. The Kier molecular flexibility index (Phi) is 7.10. The Morgan fingerprint density at radius 3 is 1.92 bits per heavy atom. The first kappa shape index (κ1) is 25.8. The van der Waals surface area contributed by atoms with Crippen molar-refractivity contribution in [1.29, 1.82) is 0 Å². The Labute approximate surface area is 235 Å². The molecule has 0 radical (unpaired) electrons. The number of methoxy groups -OCH3 is 2. The van der Waals surface area contributed by atoms with Crippen LogP contribution in [-0.4, -0.2) is 35.5 Å². The van der Waals surface area contributed by atoms with E-state index in [4.69, 9.17) is 9.47 Å². The first-order valence-corrected chi connectivity index (χ1v) is 13.1. The lowest BCUT2D eigenvalue weighted by atomic mass is 9.97. The van der Waals surface area contributed by atoms with Crippen LogP contribution in [-0.2, 0) is 0 Å². The summed E-state index contributed by atoms with van der Waals surface area (Å²) < 4.78 is 14.4. The lowest BCUT2D eigenvalue weighted by Gasteiger charge is -2.13. The lowest BCUT2D eigenvalue weighted by Crippen LogP contribution is -2.16. The average molecular weight is 635 g/mol. The molecule has 190 valence electrons. The number of hydrogen-bond donors (Lipinski definition) is 1. The molecule has 0 saturated carbocycles. The zero-order chi connectivity index (χ0) is 27.0. The number of halogens is 2. The standard InChI is InChI=1S/C30H21Br2NO5/c1-37-22-13-11-21(12-14-22)33-23-15-16-24(38-2)26(30(36)28(34)18-5-9-20(32)10-6-18)25(23)29(35)27(33)17-3-7-19(31)8-4-17/h3-16,35H,1-2H3. The van der Waals surface area contributed by atoms with Gasteiger partial charge in [0.1, 0.15) is 17.2 Å². The molecule has 0 fully saturated rings. The predicted octanol–water partition coefficient (Wildman–Crippen LogP) is 7.61. The fourth-order valence-electron chi connectivity index (χ4n) is 4.46. The van der Waals surface area contributed by atoms with Gasteiger partial charge in [-0.05, 0) is 72.8 Å². The molecular formula is C30H21Br2NO5. The molecule has 1 heterocycles. The third kappa shape index (κ3) is 4.50. The first-order chi connectivity index (χ1) is 18.3. The second-order valence-corrected chi connectivity index (χ2v) is 10.3. The molecule has 0 bridgehead atoms. The highest BCUT2D eigenvalue weighted by Crippen LogP contribution is 2.45. The second kappa shape index (κ2) is 10.5. The molecule has 5 rings (SSSR count). The van der Waals surface area contributed by atoms with Crippen molar-refractivity contribution in [2.24, 2.45) is 0 Å². The van der Waals surface area contributed by atoms with Crippen LogP contribution in [0.3, 0.4) is 0 Å². The zero-order valence-electron chi connectivity index (χ0n) is 20.4. The molecule has 38 heavy (non-hydrogen) atoms. The number of hydrogen-bond acceptors (Lipinski definition) is 5. The van der Waals surface area contributed by atoms with Gasteiger partial charge in [-0.3, -0.25) is 9.59 Å². The Balaban J connectivity index is 1.82. The maximum absolute atomic E-state index is 13.7. The molecule has 0 aliphatic heterocycles. The molecule has 4 aromatic carbocycles. The van der Waals surface area contributed by atoms with Gasteiger partial charge in [-0.25, -0.2) is 0 Å². The summed E-state index contributed by atoms with van der Waals surface area (Å²) >= 11 is 6.80. The third-order valence-electron chi connectivity index (χ3n) is 6.28. The highest BCUT2D eigenvalue weighted by atomic mass is 79.9. The van der Waals surface area contributed by atoms with Crippen LogP contribution >= 0.6 is 31.9 Å². The average Bonchev–Trinajstić information content (AvgIpc) is 3.24. The van der Waals surface area contributed by atoms with Crippen molar-refractivity contribution in [1.82, 2.24) is 4.57 Å². The highest BCUT2D eigenvalue weighted by molar-refractivity contribution is 9.10. The zero-order valence-corrected chi connectivity index (χ0v) is 23.5. The van der Waals surface area contributed by atoms with Gasteiger partial charge in [-0.15, -0.1) is 0 Å². The molecule has 8 heteroatoms. The van der Waals surface area contributed by atoms with Crippen LogP contribution < -0.4 is 9.47 Å². The van der Waals surface area contributed by atoms with Gasteiger partial charge in [0, 0.05) is 25.8 Å². The van der Waals surface area contributed by atoms with Gasteiger partial charge in [-0.2, -0.15) is 0 Å². The summed E-state index contributed by atoms with van der Waals surface area (Å²) in [6.45, 7) is 0. The van der Waals surface area contributed by atoms with Crippen LogP contribution in [0.1, 0.15) is 20.7 Å². The van der Waals surface area contributed by atoms with Crippen molar-refractivity contribution in [2.45, 2.75) is 0 Å². The molecule has 1 aromatic heterocycles. The van der Waals surface area contributed by atoms with E-state index in [1.807, 2.05) is 53.1 Å². The molecule has 0 aliphatic carbocycles. The molecule has 0 spiro atoms. The molecular weight excluding hydrogens is 614 g/mol. The van der Waals surface area contributed by atoms with E-state index in [9.17, 15) is 14.7 Å². The Hall–Kier alpha value is -3.88. The molecule has 0 saturated heterocycles. The first-order valence-electron chi connectivity index (χ1n) is 11.5. The molecule has 6 nitrogen and oxygen atoms in total. The topological polar surface area (TPSA) is 77.8 Å². The maximum Gasteiger partial charge on any atom is 0.238 e. The van der Waals surface area contributed by atoms with Gasteiger partial charge in [0.25, 0.3) is 0 Å². The van der Waals surface area contributed by atoms with Crippen molar-refractivity contribution in [3.8, 4) is 34.2 Å². The predicted molar refractivity (Wildman–Crippen MR) is 154 cm³/mol. The Morgan fingerprint density at radius 1 is 0.737 bits per heavy atom. The van der Waals surface area contributed by atoms with E-state index in [-0.39, 0.29) is 28.0 Å². The van der Waals surface area contributed by atoms with Crippen LogP contribution in [0.5, 0.6) is 17.2 Å². The minimum atomic E-state index is -0.778. The number of rotatable bonds is 7. The van der Waals surface area contributed by atoms with Crippen molar-refractivity contribution in [3.05, 3.63) is 105 Å².